The Kier molecular flexibility index (Phi) is 12.4. The Morgan fingerprint density at radius 2 is 1.79 bits per heavy atom. The largest absolute Gasteiger partial charge is 0.465 e. The van der Waals surface area contributed by atoms with Crippen molar-refractivity contribution in [3.63, 3.8) is 0 Å². The van der Waals surface area contributed by atoms with E-state index in [1.54, 1.807) is 27.0 Å². The summed E-state index contributed by atoms with van der Waals surface area (Å²) in [4.78, 5) is 23.8. The summed E-state index contributed by atoms with van der Waals surface area (Å²) in [5.41, 5.74) is 0.746. The molecule has 4 aliphatic rings. The van der Waals surface area contributed by atoms with Crippen molar-refractivity contribution in [2.45, 2.75) is 122 Å². The normalized spacial score (nSPS) is 40.2. The van der Waals surface area contributed by atoms with Gasteiger partial charge in [0.05, 0.1) is 37.6 Å². The lowest BCUT2D eigenvalue weighted by Gasteiger charge is -2.47. The molecule has 1 saturated carbocycles. The first kappa shape index (κ1) is 38.6. The predicted molar refractivity (Wildman–Crippen MR) is 174 cm³/mol. The van der Waals surface area contributed by atoms with Crippen molar-refractivity contribution in [3.05, 3.63) is 35.5 Å². The van der Waals surface area contributed by atoms with Crippen molar-refractivity contribution in [1.82, 2.24) is 0 Å². The quantitative estimate of drug-likeness (QED) is 0.176. The van der Waals surface area contributed by atoms with E-state index >= 15 is 0 Å². The van der Waals surface area contributed by atoms with Crippen LogP contribution in [0.5, 0.6) is 0 Å². The van der Waals surface area contributed by atoms with Gasteiger partial charge in [0.25, 0.3) is 0 Å². The molecule has 0 aromatic carbocycles. The topological polar surface area (TPSA) is 170 Å². The van der Waals surface area contributed by atoms with Gasteiger partial charge in [-0.15, -0.1) is 6.58 Å². The van der Waals surface area contributed by atoms with Crippen LogP contribution in [0.2, 0.25) is 0 Å². The van der Waals surface area contributed by atoms with Gasteiger partial charge >= 0.3 is 11.9 Å². The monoisotopic (exact) mass is 680 g/mol. The van der Waals surface area contributed by atoms with Gasteiger partial charge in [0.15, 0.2) is 12.4 Å². The van der Waals surface area contributed by atoms with Crippen LogP contribution in [0, 0.1) is 29.1 Å². The van der Waals surface area contributed by atoms with Gasteiger partial charge in [-0.3, -0.25) is 9.59 Å². The number of fused-ring (bicyclic) bond motifs is 2. The lowest BCUT2D eigenvalue weighted by molar-refractivity contribution is -0.320. The molecule has 3 aliphatic carbocycles. The minimum atomic E-state index is -1.63. The molecule has 12 heteroatoms. The molecule has 12 nitrogen and oxygen atoms in total. The van der Waals surface area contributed by atoms with Crippen molar-refractivity contribution in [2.75, 3.05) is 26.9 Å². The Bertz CT molecular complexity index is 1240. The number of aliphatic hydroxyl groups excluding tert-OH is 4. The highest BCUT2D eigenvalue weighted by molar-refractivity contribution is 5.66. The van der Waals surface area contributed by atoms with E-state index in [0.29, 0.717) is 12.2 Å². The second-order valence-electron chi connectivity index (χ2n) is 14.7. The molecule has 2 fully saturated rings. The maximum atomic E-state index is 12.3. The maximum Gasteiger partial charge on any atom is 0.303 e. The molecule has 0 aromatic heterocycles. The van der Waals surface area contributed by atoms with E-state index in [2.05, 4.69) is 12.7 Å². The van der Waals surface area contributed by atoms with E-state index in [0.717, 1.165) is 24.0 Å². The Labute approximate surface area is 284 Å². The number of carbonyl (C=O) groups excluding carboxylic acids is 2. The van der Waals surface area contributed by atoms with Crippen LogP contribution in [0.1, 0.15) is 67.7 Å². The summed E-state index contributed by atoms with van der Waals surface area (Å²) in [5.74, 6) is -1.70. The highest BCUT2D eigenvalue weighted by atomic mass is 16.7. The van der Waals surface area contributed by atoms with Crippen LogP contribution in [-0.4, -0.2) is 114 Å². The Morgan fingerprint density at radius 1 is 1.10 bits per heavy atom. The van der Waals surface area contributed by atoms with Crippen LogP contribution in [0.25, 0.3) is 0 Å². The van der Waals surface area contributed by atoms with Gasteiger partial charge in [-0.25, -0.2) is 0 Å². The van der Waals surface area contributed by atoms with Crippen molar-refractivity contribution < 1.29 is 58.4 Å². The van der Waals surface area contributed by atoms with E-state index in [4.69, 9.17) is 28.4 Å². The lowest BCUT2D eigenvalue weighted by Crippen LogP contribution is -2.62. The standard InChI is InChI=1S/C36H56O12/c1-10-35(6,7)45-17-26-30(41)33(46-21(5)38)31(42)34(47-26)48-32-28-24(18(2)15-44-20(4)37)13-27(39)36(28,8)14-25-22(16-43-9)11-12-23(25)19(3)29(32)40/h10,14,18-19,22-23,26-27,29-34,39-42H,1,11-13,15-17H2,2-9H3/b25-14-/t18-,19-,22-,23+,26?,27+,29-,30?,31?,32-,33?,34+,36+/m1/s1. The molecule has 1 saturated heterocycles. The van der Waals surface area contributed by atoms with Gasteiger partial charge < -0.3 is 48.8 Å². The number of hydrogen-bond acceptors (Lipinski definition) is 12. The van der Waals surface area contributed by atoms with E-state index in [1.807, 2.05) is 20.8 Å². The molecule has 4 N–H and O–H groups in total. The van der Waals surface area contributed by atoms with Gasteiger partial charge in [0.1, 0.15) is 24.4 Å². The fraction of sp³-hybridized carbons (Fsp3) is 0.778. The van der Waals surface area contributed by atoms with Gasteiger partial charge in [-0.2, -0.15) is 0 Å². The summed E-state index contributed by atoms with van der Waals surface area (Å²) in [6, 6.07) is 0. The average molecular weight is 681 g/mol. The molecule has 13 atom stereocenters. The van der Waals surface area contributed by atoms with Crippen LogP contribution in [-0.2, 0) is 38.0 Å². The molecular weight excluding hydrogens is 624 g/mol. The number of hydrogen-bond donors (Lipinski definition) is 4. The molecule has 48 heavy (non-hydrogen) atoms. The van der Waals surface area contributed by atoms with Crippen LogP contribution in [0.4, 0.5) is 0 Å². The van der Waals surface area contributed by atoms with E-state index < -0.39 is 72.0 Å². The summed E-state index contributed by atoms with van der Waals surface area (Å²) >= 11 is 0. The van der Waals surface area contributed by atoms with Gasteiger partial charge in [-0.05, 0) is 57.4 Å². The predicted octanol–water partition coefficient (Wildman–Crippen LogP) is 2.61. The van der Waals surface area contributed by atoms with Crippen molar-refractivity contribution in [3.8, 4) is 0 Å². The van der Waals surface area contributed by atoms with Gasteiger partial charge in [0.2, 0.25) is 0 Å². The molecule has 0 aromatic rings. The lowest BCUT2D eigenvalue weighted by atomic mass is 9.68. The number of methoxy groups -OCH3 is 1. The number of ether oxygens (including phenoxy) is 6. The van der Waals surface area contributed by atoms with Gasteiger partial charge in [0, 0.05) is 38.2 Å². The third-order valence-corrected chi connectivity index (χ3v) is 10.8. The fourth-order valence-corrected chi connectivity index (χ4v) is 7.88. The molecular formula is C36H56O12. The van der Waals surface area contributed by atoms with Crippen molar-refractivity contribution >= 4 is 11.9 Å². The van der Waals surface area contributed by atoms with Crippen molar-refractivity contribution in [1.29, 1.82) is 0 Å². The first-order chi connectivity index (χ1) is 22.4. The van der Waals surface area contributed by atoms with Crippen LogP contribution >= 0.6 is 0 Å². The van der Waals surface area contributed by atoms with Crippen molar-refractivity contribution in [2.24, 2.45) is 29.1 Å². The summed E-state index contributed by atoms with van der Waals surface area (Å²) < 4.78 is 35.1. The maximum absolute atomic E-state index is 12.3. The number of rotatable bonds is 12. The second-order valence-corrected chi connectivity index (χ2v) is 14.7. The Hall–Kier alpha value is -2.16. The summed E-state index contributed by atoms with van der Waals surface area (Å²) in [6.07, 6.45) is -4.54. The van der Waals surface area contributed by atoms with E-state index in [9.17, 15) is 30.0 Å². The van der Waals surface area contributed by atoms with Crippen LogP contribution in [0.3, 0.4) is 0 Å². The molecule has 0 amide bonds. The number of carbonyl (C=O) groups is 2. The first-order valence-electron chi connectivity index (χ1n) is 17.0. The SMILES string of the molecule is C=CC(C)(C)OCC1O[C@@H](O[C@@H]2C3=C([C@H](C)COC(C)=O)C[C@H](O)[C@]3(C)/C=C3/[C@@H](COC)CC[C@H]3[C@@H](C)[C@H]2O)C(O)C(OC(C)=O)C1O. The van der Waals surface area contributed by atoms with E-state index in [-0.39, 0.29) is 43.3 Å². The zero-order chi connectivity index (χ0) is 35.7. The molecule has 272 valence electrons. The molecule has 1 heterocycles. The summed E-state index contributed by atoms with van der Waals surface area (Å²) in [7, 11) is 1.66. The van der Waals surface area contributed by atoms with E-state index in [1.165, 1.54) is 13.8 Å². The highest BCUT2D eigenvalue weighted by Gasteiger charge is 2.56. The highest BCUT2D eigenvalue weighted by Crippen LogP contribution is 2.56. The molecule has 4 rings (SSSR count). The Morgan fingerprint density at radius 3 is 2.40 bits per heavy atom. The minimum absolute atomic E-state index is 0.0190. The first-order valence-corrected chi connectivity index (χ1v) is 17.0. The molecule has 4 unspecified atom stereocenters. The number of esters is 2. The summed E-state index contributed by atoms with van der Waals surface area (Å²) in [6.45, 7) is 16.0. The third kappa shape index (κ3) is 7.91. The second kappa shape index (κ2) is 15.4. The summed E-state index contributed by atoms with van der Waals surface area (Å²) in [5, 5.41) is 46.7. The van der Waals surface area contributed by atoms with Crippen LogP contribution in [0.15, 0.2) is 35.5 Å². The molecule has 1 aliphatic heterocycles. The zero-order valence-corrected chi connectivity index (χ0v) is 29.6. The zero-order valence-electron chi connectivity index (χ0n) is 29.6. The number of aliphatic hydroxyl groups is 4. The molecule has 0 spiro atoms. The van der Waals surface area contributed by atoms with Gasteiger partial charge in [-0.1, -0.05) is 37.1 Å². The fourth-order valence-electron chi connectivity index (χ4n) is 7.88. The third-order valence-electron chi connectivity index (χ3n) is 10.8. The molecule has 0 radical (unpaired) electrons. The molecule has 0 bridgehead atoms. The van der Waals surface area contributed by atoms with Crippen LogP contribution < -0.4 is 0 Å². The smallest absolute Gasteiger partial charge is 0.303 e. The Balaban J connectivity index is 1.82. The minimum Gasteiger partial charge on any atom is -0.465 e. The average Bonchev–Trinajstić information content (AvgIpc) is 3.52.